The third kappa shape index (κ3) is 3.20. The van der Waals surface area contributed by atoms with Crippen LogP contribution < -0.4 is 14.2 Å². The second-order valence-corrected chi connectivity index (χ2v) is 6.14. The first-order chi connectivity index (χ1) is 13.7. The van der Waals surface area contributed by atoms with Gasteiger partial charge in [-0.05, 0) is 42.0 Å². The monoisotopic (exact) mass is 373 g/mol. The Morgan fingerprint density at radius 2 is 1.50 bits per heavy atom. The lowest BCUT2D eigenvalue weighted by Crippen LogP contribution is -1.93. The Bertz CT molecular complexity index is 1140. The van der Waals surface area contributed by atoms with Crippen molar-refractivity contribution in [2.24, 2.45) is 0 Å². The summed E-state index contributed by atoms with van der Waals surface area (Å²) in [6.07, 6.45) is 5.06. The fourth-order valence-corrected chi connectivity index (χ4v) is 3.14. The predicted octanol–water partition coefficient (Wildman–Crippen LogP) is 4.38. The lowest BCUT2D eigenvalue weighted by molar-refractivity contribution is 0.355. The summed E-state index contributed by atoms with van der Waals surface area (Å²) in [6.45, 7) is 0. The van der Waals surface area contributed by atoms with Gasteiger partial charge in [-0.2, -0.15) is 0 Å². The van der Waals surface area contributed by atoms with Gasteiger partial charge < -0.3 is 14.2 Å². The molecule has 0 saturated heterocycles. The van der Waals surface area contributed by atoms with Crippen molar-refractivity contribution in [3.05, 3.63) is 61.2 Å². The third-order valence-electron chi connectivity index (χ3n) is 4.57. The largest absolute Gasteiger partial charge is 0.495 e. The van der Waals surface area contributed by atoms with Crippen LogP contribution in [0.1, 0.15) is 0 Å². The van der Waals surface area contributed by atoms with E-state index in [0.717, 1.165) is 33.3 Å². The summed E-state index contributed by atoms with van der Waals surface area (Å²) in [4.78, 5) is 13.2. The normalized spacial score (nSPS) is 10.7. The molecule has 6 nitrogen and oxygen atoms in total. The van der Waals surface area contributed by atoms with E-state index in [-0.39, 0.29) is 0 Å². The van der Waals surface area contributed by atoms with Crippen molar-refractivity contribution in [1.82, 2.24) is 15.0 Å². The van der Waals surface area contributed by atoms with Crippen molar-refractivity contribution in [2.45, 2.75) is 0 Å². The molecule has 0 bridgehead atoms. The zero-order valence-electron chi connectivity index (χ0n) is 15.8. The summed E-state index contributed by atoms with van der Waals surface area (Å²) >= 11 is 0. The Morgan fingerprint density at radius 1 is 0.679 bits per heavy atom. The van der Waals surface area contributed by atoms with Crippen LogP contribution in [-0.4, -0.2) is 36.3 Å². The highest BCUT2D eigenvalue weighted by molar-refractivity contribution is 5.95. The van der Waals surface area contributed by atoms with Crippen LogP contribution in [0.3, 0.4) is 0 Å². The Labute approximate surface area is 162 Å². The molecule has 0 aliphatic rings. The van der Waals surface area contributed by atoms with E-state index in [0.29, 0.717) is 17.2 Å². The molecule has 0 radical (unpaired) electrons. The van der Waals surface area contributed by atoms with Gasteiger partial charge in [-0.3, -0.25) is 4.98 Å². The van der Waals surface area contributed by atoms with Crippen LogP contribution in [0.4, 0.5) is 0 Å². The molecule has 2 aromatic carbocycles. The van der Waals surface area contributed by atoms with E-state index in [1.807, 2.05) is 42.6 Å². The molecule has 0 saturated carbocycles. The Hall–Kier alpha value is -3.67. The minimum Gasteiger partial charge on any atom is -0.495 e. The molecule has 0 aliphatic carbocycles. The number of fused-ring (bicyclic) bond motifs is 1. The topological polar surface area (TPSA) is 66.4 Å². The average Bonchev–Trinajstić information content (AvgIpc) is 2.77. The maximum absolute atomic E-state index is 5.44. The van der Waals surface area contributed by atoms with E-state index >= 15 is 0 Å². The molecule has 140 valence electrons. The first-order valence-corrected chi connectivity index (χ1v) is 8.70. The first-order valence-electron chi connectivity index (χ1n) is 8.70. The van der Waals surface area contributed by atoms with E-state index in [1.54, 1.807) is 33.9 Å². The Balaban J connectivity index is 1.88. The smallest absolute Gasteiger partial charge is 0.161 e. The number of rotatable bonds is 5. The summed E-state index contributed by atoms with van der Waals surface area (Å²) in [5.74, 6) is 2.04. The van der Waals surface area contributed by atoms with Gasteiger partial charge in [-0.1, -0.05) is 6.07 Å². The average molecular weight is 373 g/mol. The van der Waals surface area contributed by atoms with Gasteiger partial charge in [0, 0.05) is 22.7 Å². The molecule has 0 fully saturated rings. The lowest BCUT2D eigenvalue weighted by Gasteiger charge is -2.11. The molecule has 2 aromatic heterocycles. The van der Waals surface area contributed by atoms with E-state index < -0.39 is 0 Å². The summed E-state index contributed by atoms with van der Waals surface area (Å²) < 4.78 is 16.1. The zero-order valence-corrected chi connectivity index (χ0v) is 15.8. The molecule has 4 aromatic rings. The van der Waals surface area contributed by atoms with E-state index in [1.165, 1.54) is 0 Å². The second kappa shape index (κ2) is 7.52. The minimum atomic E-state index is 0.653. The van der Waals surface area contributed by atoms with Crippen LogP contribution in [0.15, 0.2) is 61.2 Å². The minimum absolute atomic E-state index is 0.653. The van der Waals surface area contributed by atoms with Crippen LogP contribution in [0.2, 0.25) is 0 Å². The molecule has 0 spiro atoms. The van der Waals surface area contributed by atoms with Gasteiger partial charge in [-0.25, -0.2) is 9.97 Å². The third-order valence-corrected chi connectivity index (χ3v) is 4.57. The van der Waals surface area contributed by atoms with Crippen molar-refractivity contribution in [3.63, 3.8) is 0 Å². The predicted molar refractivity (Wildman–Crippen MR) is 108 cm³/mol. The number of benzene rings is 2. The summed E-state index contributed by atoms with van der Waals surface area (Å²) in [5, 5.41) is 0.940. The van der Waals surface area contributed by atoms with Crippen molar-refractivity contribution in [1.29, 1.82) is 0 Å². The van der Waals surface area contributed by atoms with Gasteiger partial charge in [0.05, 0.1) is 38.7 Å². The van der Waals surface area contributed by atoms with Crippen LogP contribution >= 0.6 is 0 Å². The number of hydrogen-bond acceptors (Lipinski definition) is 6. The molecule has 0 unspecified atom stereocenters. The van der Waals surface area contributed by atoms with Crippen molar-refractivity contribution in [3.8, 4) is 39.6 Å². The fourth-order valence-electron chi connectivity index (χ4n) is 3.14. The maximum atomic E-state index is 5.44. The zero-order chi connectivity index (χ0) is 19.5. The van der Waals surface area contributed by atoms with Gasteiger partial charge in [0.25, 0.3) is 0 Å². The van der Waals surface area contributed by atoms with Crippen molar-refractivity contribution < 1.29 is 14.2 Å². The number of pyridine rings is 1. The molecular weight excluding hydrogens is 354 g/mol. The van der Waals surface area contributed by atoms with Crippen LogP contribution in [0.25, 0.3) is 33.3 Å². The van der Waals surface area contributed by atoms with Gasteiger partial charge in [-0.15, -0.1) is 0 Å². The molecule has 28 heavy (non-hydrogen) atoms. The highest BCUT2D eigenvalue weighted by Gasteiger charge is 2.12. The van der Waals surface area contributed by atoms with Crippen LogP contribution in [0, 0.1) is 0 Å². The molecule has 0 N–H and O–H groups in total. The number of methoxy groups -OCH3 is 3. The molecular formula is C22H19N3O3. The molecule has 0 amide bonds. The van der Waals surface area contributed by atoms with Gasteiger partial charge in [0.1, 0.15) is 12.1 Å². The number of ether oxygens (including phenoxy) is 3. The van der Waals surface area contributed by atoms with Crippen molar-refractivity contribution in [2.75, 3.05) is 21.3 Å². The van der Waals surface area contributed by atoms with Gasteiger partial charge in [0.15, 0.2) is 11.5 Å². The van der Waals surface area contributed by atoms with Crippen LogP contribution in [0.5, 0.6) is 17.2 Å². The highest BCUT2D eigenvalue weighted by Crippen LogP contribution is 2.35. The maximum Gasteiger partial charge on any atom is 0.161 e. The summed E-state index contributed by atoms with van der Waals surface area (Å²) in [5.41, 5.74) is 4.58. The highest BCUT2D eigenvalue weighted by atomic mass is 16.5. The van der Waals surface area contributed by atoms with Crippen molar-refractivity contribution >= 4 is 10.9 Å². The van der Waals surface area contributed by atoms with Gasteiger partial charge in [0.2, 0.25) is 0 Å². The van der Waals surface area contributed by atoms with Gasteiger partial charge >= 0.3 is 0 Å². The Kier molecular flexibility index (Phi) is 4.76. The Morgan fingerprint density at radius 3 is 2.29 bits per heavy atom. The fraction of sp³-hybridized carbons (Fsp3) is 0.136. The van der Waals surface area contributed by atoms with E-state index in [2.05, 4.69) is 21.0 Å². The first kappa shape index (κ1) is 17.7. The van der Waals surface area contributed by atoms with E-state index in [4.69, 9.17) is 14.2 Å². The molecule has 6 heteroatoms. The molecule has 4 rings (SSSR count). The summed E-state index contributed by atoms with van der Waals surface area (Å²) in [7, 11) is 4.86. The second-order valence-electron chi connectivity index (χ2n) is 6.14. The van der Waals surface area contributed by atoms with Crippen LogP contribution in [-0.2, 0) is 0 Å². The summed E-state index contributed by atoms with van der Waals surface area (Å²) in [6, 6.07) is 13.8. The lowest BCUT2D eigenvalue weighted by atomic mass is 10.0. The standard InChI is InChI=1S/C22H19N3O3/c1-26-17-8-16(11-23-12-17)14-4-6-19-18(9-14)22(25-13-24-19)15-5-7-20(27-2)21(10-15)28-3/h4-13H,1-3H3. The number of hydrogen-bond donors (Lipinski definition) is 0. The molecule has 0 atom stereocenters. The quantitative estimate of drug-likeness (QED) is 0.517. The van der Waals surface area contributed by atoms with E-state index in [9.17, 15) is 0 Å². The number of aromatic nitrogens is 3. The number of nitrogens with zero attached hydrogens (tertiary/aromatic N) is 3. The molecule has 2 heterocycles. The molecule has 0 aliphatic heterocycles. The SMILES string of the molecule is COc1cncc(-c2ccc3ncnc(-c4ccc(OC)c(OC)c4)c3c2)c1.